The SMILES string of the molecule is CCCNc1cc(C(=O)NC(C)C2CCCC2)cc(C)n1. The summed E-state index contributed by atoms with van der Waals surface area (Å²) in [5.74, 6) is 1.43. The third-order valence-electron chi connectivity index (χ3n) is 4.24. The van der Waals surface area contributed by atoms with Crippen molar-refractivity contribution in [2.45, 2.75) is 58.9 Å². The number of pyridine rings is 1. The van der Waals surface area contributed by atoms with Crippen LogP contribution in [0.25, 0.3) is 0 Å². The van der Waals surface area contributed by atoms with E-state index in [0.29, 0.717) is 11.5 Å². The number of hydrogen-bond acceptors (Lipinski definition) is 3. The van der Waals surface area contributed by atoms with Gasteiger partial charge in [-0.3, -0.25) is 4.79 Å². The van der Waals surface area contributed by atoms with Crippen LogP contribution >= 0.6 is 0 Å². The first kappa shape index (κ1) is 15.8. The molecule has 2 N–H and O–H groups in total. The summed E-state index contributed by atoms with van der Waals surface area (Å²) in [5, 5.41) is 6.40. The predicted octanol–water partition coefficient (Wildman–Crippen LogP) is 3.52. The normalized spacial score (nSPS) is 16.7. The minimum Gasteiger partial charge on any atom is -0.370 e. The Balaban J connectivity index is 2.02. The first-order chi connectivity index (χ1) is 10.1. The lowest BCUT2D eigenvalue weighted by Crippen LogP contribution is -2.37. The topological polar surface area (TPSA) is 54.0 Å². The Morgan fingerprint density at radius 3 is 2.76 bits per heavy atom. The molecule has 1 aliphatic rings. The number of hydrogen-bond donors (Lipinski definition) is 2. The highest BCUT2D eigenvalue weighted by atomic mass is 16.1. The fourth-order valence-electron chi connectivity index (χ4n) is 3.01. The molecule has 21 heavy (non-hydrogen) atoms. The van der Waals surface area contributed by atoms with Gasteiger partial charge in [0, 0.05) is 23.8 Å². The second-order valence-electron chi connectivity index (χ2n) is 6.12. The van der Waals surface area contributed by atoms with Gasteiger partial charge in [-0.15, -0.1) is 0 Å². The highest BCUT2D eigenvalue weighted by Crippen LogP contribution is 2.27. The van der Waals surface area contributed by atoms with Gasteiger partial charge in [-0.2, -0.15) is 0 Å². The third-order valence-corrected chi connectivity index (χ3v) is 4.24. The van der Waals surface area contributed by atoms with E-state index in [0.717, 1.165) is 24.5 Å². The van der Waals surface area contributed by atoms with Gasteiger partial charge in [0.15, 0.2) is 0 Å². The lowest BCUT2D eigenvalue weighted by Gasteiger charge is -2.20. The number of amides is 1. The summed E-state index contributed by atoms with van der Waals surface area (Å²) in [6.45, 7) is 7.03. The highest BCUT2D eigenvalue weighted by molar-refractivity contribution is 5.95. The van der Waals surface area contributed by atoms with E-state index in [4.69, 9.17) is 0 Å². The molecule has 116 valence electrons. The molecule has 1 heterocycles. The largest absolute Gasteiger partial charge is 0.370 e. The molecule has 0 spiro atoms. The molecule has 1 atom stereocenters. The summed E-state index contributed by atoms with van der Waals surface area (Å²) in [6, 6.07) is 3.95. The Labute approximate surface area is 127 Å². The van der Waals surface area contributed by atoms with E-state index < -0.39 is 0 Å². The second-order valence-corrected chi connectivity index (χ2v) is 6.12. The van der Waals surface area contributed by atoms with Crippen LogP contribution in [0.2, 0.25) is 0 Å². The fraction of sp³-hybridized carbons (Fsp3) is 0.647. The second kappa shape index (κ2) is 7.43. The van der Waals surface area contributed by atoms with Gasteiger partial charge >= 0.3 is 0 Å². The van der Waals surface area contributed by atoms with Crippen LogP contribution in [0.5, 0.6) is 0 Å². The van der Waals surface area contributed by atoms with Crippen LogP contribution < -0.4 is 10.6 Å². The number of nitrogens with zero attached hydrogens (tertiary/aromatic N) is 1. The van der Waals surface area contributed by atoms with Crippen molar-refractivity contribution in [3.05, 3.63) is 23.4 Å². The van der Waals surface area contributed by atoms with Gasteiger partial charge in [0.1, 0.15) is 5.82 Å². The molecule has 4 heteroatoms. The number of carbonyl (C=O) groups excluding carboxylic acids is 1. The maximum absolute atomic E-state index is 12.4. The van der Waals surface area contributed by atoms with Gasteiger partial charge in [0.2, 0.25) is 0 Å². The minimum absolute atomic E-state index is 0.0134. The Bertz CT molecular complexity index is 481. The zero-order valence-electron chi connectivity index (χ0n) is 13.4. The molecule has 1 unspecified atom stereocenters. The molecule has 0 saturated heterocycles. The van der Waals surface area contributed by atoms with Crippen molar-refractivity contribution in [3.63, 3.8) is 0 Å². The van der Waals surface area contributed by atoms with Crippen molar-refractivity contribution >= 4 is 11.7 Å². The number of rotatable bonds is 6. The Morgan fingerprint density at radius 1 is 1.38 bits per heavy atom. The first-order valence-electron chi connectivity index (χ1n) is 8.13. The van der Waals surface area contributed by atoms with Gasteiger partial charge in [0.25, 0.3) is 5.91 Å². The number of nitrogens with one attached hydrogen (secondary N) is 2. The predicted molar refractivity (Wildman–Crippen MR) is 86.6 cm³/mol. The average molecular weight is 289 g/mol. The first-order valence-corrected chi connectivity index (χ1v) is 8.13. The molecule has 2 rings (SSSR count). The standard InChI is InChI=1S/C17H27N3O/c1-4-9-18-16-11-15(10-12(2)19-16)17(21)20-13(3)14-7-5-6-8-14/h10-11,13-14H,4-9H2,1-3H3,(H,18,19)(H,20,21). The molecule has 1 amide bonds. The lowest BCUT2D eigenvalue weighted by molar-refractivity contribution is 0.0927. The van der Waals surface area contributed by atoms with E-state index >= 15 is 0 Å². The molecule has 4 nitrogen and oxygen atoms in total. The van der Waals surface area contributed by atoms with E-state index in [-0.39, 0.29) is 11.9 Å². The zero-order chi connectivity index (χ0) is 15.2. The van der Waals surface area contributed by atoms with E-state index in [9.17, 15) is 4.79 Å². The summed E-state index contributed by atoms with van der Waals surface area (Å²) in [7, 11) is 0. The molecule has 1 fully saturated rings. The van der Waals surface area contributed by atoms with Crippen LogP contribution in [0.4, 0.5) is 5.82 Å². The maximum atomic E-state index is 12.4. The van der Waals surface area contributed by atoms with E-state index in [1.165, 1.54) is 25.7 Å². The smallest absolute Gasteiger partial charge is 0.251 e. The third kappa shape index (κ3) is 4.45. The van der Waals surface area contributed by atoms with Crippen molar-refractivity contribution in [2.75, 3.05) is 11.9 Å². The minimum atomic E-state index is 0.0134. The highest BCUT2D eigenvalue weighted by Gasteiger charge is 2.23. The Kier molecular flexibility index (Phi) is 5.59. The Morgan fingerprint density at radius 2 is 2.10 bits per heavy atom. The van der Waals surface area contributed by atoms with Crippen molar-refractivity contribution in [1.29, 1.82) is 0 Å². The molecular formula is C17H27N3O. The fourth-order valence-corrected chi connectivity index (χ4v) is 3.01. The zero-order valence-corrected chi connectivity index (χ0v) is 13.4. The van der Waals surface area contributed by atoms with Crippen molar-refractivity contribution < 1.29 is 4.79 Å². The molecular weight excluding hydrogens is 262 g/mol. The summed E-state index contributed by atoms with van der Waals surface area (Å²) in [5.41, 5.74) is 1.57. The molecule has 1 saturated carbocycles. The van der Waals surface area contributed by atoms with Gasteiger partial charge in [-0.05, 0) is 51.2 Å². The Hall–Kier alpha value is -1.58. The number of aryl methyl sites for hydroxylation is 1. The van der Waals surface area contributed by atoms with Crippen LogP contribution in [-0.2, 0) is 0 Å². The molecule has 0 aliphatic heterocycles. The van der Waals surface area contributed by atoms with E-state index in [1.807, 2.05) is 19.1 Å². The molecule has 0 radical (unpaired) electrons. The van der Waals surface area contributed by atoms with Crippen molar-refractivity contribution in [2.24, 2.45) is 5.92 Å². The van der Waals surface area contributed by atoms with E-state index in [1.54, 1.807) is 0 Å². The van der Waals surface area contributed by atoms with Gasteiger partial charge in [-0.25, -0.2) is 4.98 Å². The quantitative estimate of drug-likeness (QED) is 0.842. The summed E-state index contributed by atoms with van der Waals surface area (Å²) < 4.78 is 0. The van der Waals surface area contributed by atoms with E-state index in [2.05, 4.69) is 29.5 Å². The number of aromatic nitrogens is 1. The molecule has 1 aliphatic carbocycles. The molecule has 1 aromatic heterocycles. The van der Waals surface area contributed by atoms with Crippen LogP contribution in [0, 0.1) is 12.8 Å². The van der Waals surface area contributed by atoms with Gasteiger partial charge in [-0.1, -0.05) is 19.8 Å². The monoisotopic (exact) mass is 289 g/mol. The molecule has 0 aromatic carbocycles. The number of carbonyl (C=O) groups is 1. The number of anilines is 1. The summed E-state index contributed by atoms with van der Waals surface area (Å²) >= 11 is 0. The lowest BCUT2D eigenvalue weighted by atomic mass is 9.99. The van der Waals surface area contributed by atoms with Crippen LogP contribution in [0.15, 0.2) is 12.1 Å². The van der Waals surface area contributed by atoms with Crippen molar-refractivity contribution in [3.8, 4) is 0 Å². The molecule has 1 aromatic rings. The molecule has 0 bridgehead atoms. The maximum Gasteiger partial charge on any atom is 0.251 e. The van der Waals surface area contributed by atoms with Crippen molar-refractivity contribution in [1.82, 2.24) is 10.3 Å². The average Bonchev–Trinajstić information content (AvgIpc) is 2.98. The van der Waals surface area contributed by atoms with Gasteiger partial charge in [0.05, 0.1) is 0 Å². The van der Waals surface area contributed by atoms with Crippen LogP contribution in [-0.4, -0.2) is 23.5 Å². The summed E-state index contributed by atoms with van der Waals surface area (Å²) in [4.78, 5) is 16.8. The van der Waals surface area contributed by atoms with Crippen LogP contribution in [0.3, 0.4) is 0 Å². The summed E-state index contributed by atoms with van der Waals surface area (Å²) in [6.07, 6.45) is 6.10. The van der Waals surface area contributed by atoms with Crippen LogP contribution in [0.1, 0.15) is 62.0 Å². The van der Waals surface area contributed by atoms with Gasteiger partial charge < -0.3 is 10.6 Å².